The van der Waals surface area contributed by atoms with E-state index in [1.54, 1.807) is 18.2 Å². The second kappa shape index (κ2) is 5.10. The van der Waals surface area contributed by atoms with Crippen LogP contribution in [-0.4, -0.2) is 0 Å². The van der Waals surface area contributed by atoms with Crippen LogP contribution in [0.5, 0.6) is 0 Å². The Balaban J connectivity index is 2.08. The first-order valence-corrected chi connectivity index (χ1v) is 5.53. The van der Waals surface area contributed by atoms with Crippen molar-refractivity contribution in [1.82, 2.24) is 0 Å². The number of rotatable bonds is 3. The predicted octanol–water partition coefficient (Wildman–Crippen LogP) is 4.43. The Labute approximate surface area is 104 Å². The summed E-state index contributed by atoms with van der Waals surface area (Å²) in [5.74, 6) is 0. The van der Waals surface area contributed by atoms with E-state index in [1.807, 2.05) is 30.3 Å². The van der Waals surface area contributed by atoms with Crippen molar-refractivity contribution in [3.05, 3.63) is 58.6 Å². The molecule has 0 atom stereocenters. The zero-order valence-electron chi connectivity index (χ0n) is 8.37. The highest BCUT2D eigenvalue weighted by molar-refractivity contribution is 6.35. The van der Waals surface area contributed by atoms with Crippen LogP contribution < -0.4 is 10.9 Å². The van der Waals surface area contributed by atoms with Crippen molar-refractivity contribution < 1.29 is 0 Å². The molecule has 0 spiro atoms. The zero-order chi connectivity index (χ0) is 11.4. The molecule has 0 fully saturated rings. The Morgan fingerprint density at radius 1 is 0.812 bits per heavy atom. The van der Waals surface area contributed by atoms with Crippen LogP contribution in [0.1, 0.15) is 0 Å². The number of hydrogen-bond donors (Lipinski definition) is 2. The maximum Gasteiger partial charge on any atom is 0.0740 e. The maximum atomic E-state index is 6.00. The van der Waals surface area contributed by atoms with E-state index in [0.29, 0.717) is 10.0 Å². The molecule has 0 saturated heterocycles. The van der Waals surface area contributed by atoms with E-state index in [-0.39, 0.29) is 0 Å². The molecule has 82 valence electrons. The summed E-state index contributed by atoms with van der Waals surface area (Å²) < 4.78 is 0. The number of benzene rings is 2. The SMILES string of the molecule is Clc1ccc(Cl)c(NNc2ccccc2)c1. The Morgan fingerprint density at radius 3 is 2.31 bits per heavy atom. The minimum absolute atomic E-state index is 0.618. The molecule has 0 aliphatic rings. The van der Waals surface area contributed by atoms with E-state index in [4.69, 9.17) is 23.2 Å². The molecule has 16 heavy (non-hydrogen) atoms. The summed E-state index contributed by atoms with van der Waals surface area (Å²) in [6.45, 7) is 0. The second-order valence-corrected chi connectivity index (χ2v) is 4.08. The van der Waals surface area contributed by atoms with Gasteiger partial charge >= 0.3 is 0 Å². The number of anilines is 2. The van der Waals surface area contributed by atoms with Gasteiger partial charge in [0.1, 0.15) is 0 Å². The average Bonchev–Trinajstić information content (AvgIpc) is 2.32. The van der Waals surface area contributed by atoms with Crippen LogP contribution in [0.25, 0.3) is 0 Å². The van der Waals surface area contributed by atoms with Crippen LogP contribution in [0.2, 0.25) is 10.0 Å². The van der Waals surface area contributed by atoms with Crippen molar-refractivity contribution >= 4 is 34.6 Å². The lowest BCUT2D eigenvalue weighted by molar-refractivity contribution is 1.41. The first-order valence-electron chi connectivity index (χ1n) is 4.78. The van der Waals surface area contributed by atoms with Crippen molar-refractivity contribution in [2.45, 2.75) is 0 Å². The quantitative estimate of drug-likeness (QED) is 0.790. The largest absolute Gasteiger partial charge is 0.301 e. The van der Waals surface area contributed by atoms with Crippen molar-refractivity contribution in [2.24, 2.45) is 0 Å². The van der Waals surface area contributed by atoms with E-state index < -0.39 is 0 Å². The smallest absolute Gasteiger partial charge is 0.0740 e. The van der Waals surface area contributed by atoms with Gasteiger partial charge in [0.2, 0.25) is 0 Å². The molecule has 0 radical (unpaired) electrons. The van der Waals surface area contributed by atoms with E-state index in [0.717, 1.165) is 11.4 Å². The highest BCUT2D eigenvalue weighted by Crippen LogP contribution is 2.25. The molecule has 4 heteroatoms. The molecule has 2 N–H and O–H groups in total. The van der Waals surface area contributed by atoms with Gasteiger partial charge in [0.15, 0.2) is 0 Å². The summed E-state index contributed by atoms with van der Waals surface area (Å²) in [5, 5.41) is 1.26. The van der Waals surface area contributed by atoms with Crippen molar-refractivity contribution in [1.29, 1.82) is 0 Å². The molecule has 0 saturated carbocycles. The van der Waals surface area contributed by atoms with Gasteiger partial charge in [-0.3, -0.25) is 5.43 Å². The van der Waals surface area contributed by atoms with Gasteiger partial charge in [-0.05, 0) is 30.3 Å². The van der Waals surface area contributed by atoms with E-state index >= 15 is 0 Å². The first-order chi connectivity index (χ1) is 7.75. The number of halogens is 2. The Kier molecular flexibility index (Phi) is 3.54. The third kappa shape index (κ3) is 2.81. The van der Waals surface area contributed by atoms with Crippen LogP contribution in [0, 0.1) is 0 Å². The van der Waals surface area contributed by atoms with Crippen LogP contribution in [-0.2, 0) is 0 Å². The number of hydrazine groups is 1. The number of hydrogen-bond acceptors (Lipinski definition) is 2. The molecule has 0 aliphatic heterocycles. The molecule has 2 aromatic rings. The standard InChI is InChI=1S/C12H10Cl2N2/c13-9-6-7-11(14)12(8-9)16-15-10-4-2-1-3-5-10/h1-8,15-16H. The van der Waals surface area contributed by atoms with Gasteiger partial charge in [0.25, 0.3) is 0 Å². The Morgan fingerprint density at radius 2 is 1.56 bits per heavy atom. The minimum Gasteiger partial charge on any atom is -0.301 e. The maximum absolute atomic E-state index is 6.00. The molecule has 0 aromatic heterocycles. The lowest BCUT2D eigenvalue weighted by Gasteiger charge is -2.11. The molecular weight excluding hydrogens is 243 g/mol. The highest BCUT2D eigenvalue weighted by atomic mass is 35.5. The first kappa shape index (κ1) is 11.1. The van der Waals surface area contributed by atoms with Gasteiger partial charge in [-0.25, -0.2) is 0 Å². The number of para-hydroxylation sites is 1. The van der Waals surface area contributed by atoms with Crippen LogP contribution in [0.3, 0.4) is 0 Å². The molecular formula is C12H10Cl2N2. The molecule has 0 aliphatic carbocycles. The molecule has 2 aromatic carbocycles. The van der Waals surface area contributed by atoms with Gasteiger partial charge in [-0.15, -0.1) is 0 Å². The molecule has 0 bridgehead atoms. The van der Waals surface area contributed by atoms with Gasteiger partial charge in [0.05, 0.1) is 16.4 Å². The van der Waals surface area contributed by atoms with E-state index in [9.17, 15) is 0 Å². The Bertz CT molecular complexity index is 472. The van der Waals surface area contributed by atoms with E-state index in [1.165, 1.54) is 0 Å². The molecule has 2 rings (SSSR count). The normalized spacial score (nSPS) is 9.88. The summed E-state index contributed by atoms with van der Waals surface area (Å²) in [6.07, 6.45) is 0. The van der Waals surface area contributed by atoms with Crippen LogP contribution in [0.15, 0.2) is 48.5 Å². The van der Waals surface area contributed by atoms with Gasteiger partial charge in [-0.1, -0.05) is 41.4 Å². The highest BCUT2D eigenvalue weighted by Gasteiger charge is 2.00. The third-order valence-corrected chi connectivity index (χ3v) is 2.61. The predicted molar refractivity (Wildman–Crippen MR) is 70.1 cm³/mol. The molecule has 0 unspecified atom stereocenters. The van der Waals surface area contributed by atoms with Crippen molar-refractivity contribution in [3.8, 4) is 0 Å². The van der Waals surface area contributed by atoms with Gasteiger partial charge < -0.3 is 5.43 Å². The van der Waals surface area contributed by atoms with Crippen LogP contribution >= 0.6 is 23.2 Å². The molecule has 2 nitrogen and oxygen atoms in total. The van der Waals surface area contributed by atoms with Crippen molar-refractivity contribution in [3.63, 3.8) is 0 Å². The Hall–Kier alpha value is -1.38. The second-order valence-electron chi connectivity index (χ2n) is 3.24. The van der Waals surface area contributed by atoms with Gasteiger partial charge in [0, 0.05) is 5.02 Å². The third-order valence-electron chi connectivity index (χ3n) is 2.04. The average molecular weight is 253 g/mol. The fraction of sp³-hybridized carbons (Fsp3) is 0. The van der Waals surface area contributed by atoms with Gasteiger partial charge in [-0.2, -0.15) is 0 Å². The molecule has 0 heterocycles. The lowest BCUT2D eigenvalue weighted by atomic mass is 10.3. The molecule has 0 amide bonds. The lowest BCUT2D eigenvalue weighted by Crippen LogP contribution is -2.08. The van der Waals surface area contributed by atoms with Crippen molar-refractivity contribution in [2.75, 3.05) is 10.9 Å². The minimum atomic E-state index is 0.618. The summed E-state index contributed by atoms with van der Waals surface area (Å²) in [4.78, 5) is 0. The summed E-state index contributed by atoms with van der Waals surface area (Å²) >= 11 is 11.9. The zero-order valence-corrected chi connectivity index (χ0v) is 9.89. The summed E-state index contributed by atoms with van der Waals surface area (Å²) in [7, 11) is 0. The fourth-order valence-electron chi connectivity index (χ4n) is 1.25. The monoisotopic (exact) mass is 252 g/mol. The van der Waals surface area contributed by atoms with Crippen LogP contribution in [0.4, 0.5) is 11.4 Å². The van der Waals surface area contributed by atoms with E-state index in [2.05, 4.69) is 10.9 Å². The summed E-state index contributed by atoms with van der Waals surface area (Å²) in [5.41, 5.74) is 7.74. The summed E-state index contributed by atoms with van der Waals surface area (Å²) in [6, 6.07) is 15.0. The topological polar surface area (TPSA) is 24.1 Å². The fourth-order valence-corrected chi connectivity index (χ4v) is 1.59. The number of nitrogens with one attached hydrogen (secondary N) is 2.